The lowest BCUT2D eigenvalue weighted by Gasteiger charge is -2.30. The maximum absolute atomic E-state index is 12.1. The Kier molecular flexibility index (Phi) is 3.53. The molecule has 3 atom stereocenters. The van der Waals surface area contributed by atoms with Gasteiger partial charge in [-0.2, -0.15) is 0 Å². The van der Waals surface area contributed by atoms with Crippen LogP contribution in [0.1, 0.15) is 34.6 Å². The third-order valence-corrected chi connectivity index (χ3v) is 3.19. The van der Waals surface area contributed by atoms with Crippen LogP contribution in [-0.4, -0.2) is 58.9 Å². The Bertz CT molecular complexity index is 363. The number of hydrogen-bond donors (Lipinski definition) is 1. The lowest BCUT2D eigenvalue weighted by Crippen LogP contribution is -2.46. The molecule has 3 unspecified atom stereocenters. The third-order valence-electron chi connectivity index (χ3n) is 3.19. The molecule has 6 nitrogen and oxygen atoms in total. The molecule has 0 aromatic carbocycles. The van der Waals surface area contributed by atoms with Crippen LogP contribution in [-0.2, 0) is 14.2 Å². The van der Waals surface area contributed by atoms with Gasteiger partial charge in [0.1, 0.15) is 17.8 Å². The van der Waals surface area contributed by atoms with Crippen molar-refractivity contribution in [1.82, 2.24) is 4.90 Å². The fourth-order valence-corrected chi connectivity index (χ4v) is 2.57. The second-order valence-corrected chi connectivity index (χ2v) is 6.52. The fraction of sp³-hybridized carbons (Fsp3) is 0.923. The summed E-state index contributed by atoms with van der Waals surface area (Å²) in [6.45, 7) is 9.31. The van der Waals surface area contributed by atoms with Gasteiger partial charge in [0.15, 0.2) is 5.79 Å². The van der Waals surface area contributed by atoms with Crippen LogP contribution in [0, 0.1) is 0 Å². The number of hydrogen-bond acceptors (Lipinski definition) is 5. The van der Waals surface area contributed by atoms with Crippen LogP contribution in [0.2, 0.25) is 0 Å². The van der Waals surface area contributed by atoms with Crippen molar-refractivity contribution in [1.29, 1.82) is 0 Å². The van der Waals surface area contributed by atoms with Gasteiger partial charge >= 0.3 is 6.09 Å². The van der Waals surface area contributed by atoms with Gasteiger partial charge in [-0.15, -0.1) is 0 Å². The lowest BCUT2D eigenvalue weighted by molar-refractivity contribution is -0.162. The first kappa shape index (κ1) is 14.6. The minimum Gasteiger partial charge on any atom is -0.444 e. The quantitative estimate of drug-likeness (QED) is 0.775. The van der Waals surface area contributed by atoms with Crippen molar-refractivity contribution in [3.8, 4) is 0 Å². The van der Waals surface area contributed by atoms with Crippen LogP contribution in [0.5, 0.6) is 0 Å². The fourth-order valence-electron chi connectivity index (χ4n) is 2.57. The maximum atomic E-state index is 12.1. The number of carbonyl (C=O) groups is 1. The Labute approximate surface area is 113 Å². The molecule has 0 radical (unpaired) electrons. The average molecular weight is 273 g/mol. The molecule has 6 heteroatoms. The van der Waals surface area contributed by atoms with Crippen molar-refractivity contribution in [3.05, 3.63) is 0 Å². The molecule has 2 saturated heterocycles. The van der Waals surface area contributed by atoms with E-state index in [9.17, 15) is 9.90 Å². The summed E-state index contributed by atoms with van der Waals surface area (Å²) in [5.41, 5.74) is -0.560. The number of ether oxygens (including phenoxy) is 3. The Morgan fingerprint density at radius 2 is 2.05 bits per heavy atom. The number of amides is 1. The van der Waals surface area contributed by atoms with E-state index in [0.717, 1.165) is 0 Å². The zero-order chi connectivity index (χ0) is 14.4. The first-order valence-electron chi connectivity index (χ1n) is 6.59. The lowest BCUT2D eigenvalue weighted by atomic mass is 10.1. The second-order valence-electron chi connectivity index (χ2n) is 6.52. The van der Waals surface area contributed by atoms with Gasteiger partial charge < -0.3 is 19.3 Å². The SMILES string of the molecule is CC(C)(C)OC(=O)N1CC2OC(C)(C)OC2C1CO. The van der Waals surface area contributed by atoms with E-state index in [2.05, 4.69) is 0 Å². The van der Waals surface area contributed by atoms with E-state index in [-0.39, 0.29) is 18.8 Å². The minimum atomic E-state index is -0.664. The minimum absolute atomic E-state index is 0.167. The summed E-state index contributed by atoms with van der Waals surface area (Å²) in [6.07, 6.45) is -0.946. The molecule has 1 N–H and O–H groups in total. The molecule has 0 aromatic heterocycles. The number of carbonyl (C=O) groups excluding carboxylic acids is 1. The number of aliphatic hydroxyl groups is 1. The Morgan fingerprint density at radius 3 is 2.58 bits per heavy atom. The van der Waals surface area contributed by atoms with Crippen molar-refractivity contribution in [3.63, 3.8) is 0 Å². The predicted octanol–water partition coefficient (Wildman–Crippen LogP) is 1.12. The van der Waals surface area contributed by atoms with Crippen LogP contribution in [0.15, 0.2) is 0 Å². The number of fused-ring (bicyclic) bond motifs is 1. The van der Waals surface area contributed by atoms with Gasteiger partial charge in [0, 0.05) is 0 Å². The van der Waals surface area contributed by atoms with Crippen LogP contribution in [0.25, 0.3) is 0 Å². The summed E-state index contributed by atoms with van der Waals surface area (Å²) in [4.78, 5) is 13.6. The van der Waals surface area contributed by atoms with Gasteiger partial charge in [-0.05, 0) is 34.6 Å². The van der Waals surface area contributed by atoms with Gasteiger partial charge in [-0.3, -0.25) is 4.90 Å². The van der Waals surface area contributed by atoms with E-state index in [1.165, 1.54) is 4.90 Å². The second kappa shape index (κ2) is 4.61. The Balaban J connectivity index is 2.07. The van der Waals surface area contributed by atoms with Crippen LogP contribution < -0.4 is 0 Å². The van der Waals surface area contributed by atoms with Gasteiger partial charge in [-0.1, -0.05) is 0 Å². The van der Waals surface area contributed by atoms with Gasteiger partial charge in [0.25, 0.3) is 0 Å². The smallest absolute Gasteiger partial charge is 0.410 e. The van der Waals surface area contributed by atoms with E-state index in [1.807, 2.05) is 34.6 Å². The van der Waals surface area contributed by atoms with E-state index >= 15 is 0 Å². The molecule has 2 aliphatic rings. The number of rotatable bonds is 1. The Morgan fingerprint density at radius 1 is 1.42 bits per heavy atom. The standard InChI is InChI=1S/C13H23NO5/c1-12(2,3)19-11(16)14-6-9-10(8(14)7-15)18-13(4,5)17-9/h8-10,15H,6-7H2,1-5H3. The number of likely N-dealkylation sites (tertiary alicyclic amines) is 1. The molecule has 110 valence electrons. The molecule has 19 heavy (non-hydrogen) atoms. The molecule has 2 aliphatic heterocycles. The Hall–Kier alpha value is -0.850. The molecule has 2 heterocycles. The van der Waals surface area contributed by atoms with E-state index in [0.29, 0.717) is 6.54 Å². The van der Waals surface area contributed by atoms with Crippen molar-refractivity contribution >= 4 is 6.09 Å². The van der Waals surface area contributed by atoms with E-state index in [4.69, 9.17) is 14.2 Å². The van der Waals surface area contributed by atoms with Gasteiger partial charge in [-0.25, -0.2) is 4.79 Å². The third kappa shape index (κ3) is 3.01. The normalized spacial score (nSPS) is 33.4. The molecule has 0 saturated carbocycles. The zero-order valence-corrected chi connectivity index (χ0v) is 12.2. The summed E-state index contributed by atoms with van der Waals surface area (Å²) in [6, 6.07) is -0.415. The first-order valence-corrected chi connectivity index (χ1v) is 6.59. The van der Waals surface area contributed by atoms with E-state index < -0.39 is 23.5 Å². The highest BCUT2D eigenvalue weighted by atomic mass is 16.8. The highest BCUT2D eigenvalue weighted by Crippen LogP contribution is 2.37. The maximum Gasteiger partial charge on any atom is 0.410 e. The summed E-state index contributed by atoms with van der Waals surface area (Å²) >= 11 is 0. The molecule has 0 aliphatic carbocycles. The van der Waals surface area contributed by atoms with E-state index in [1.54, 1.807) is 0 Å². The summed E-state index contributed by atoms with van der Waals surface area (Å²) in [5.74, 6) is -0.664. The van der Waals surface area contributed by atoms with Crippen molar-refractivity contribution in [2.75, 3.05) is 13.2 Å². The average Bonchev–Trinajstić information content (AvgIpc) is 2.66. The molecule has 0 aromatic rings. The van der Waals surface area contributed by atoms with Crippen LogP contribution >= 0.6 is 0 Å². The highest BCUT2D eigenvalue weighted by molar-refractivity contribution is 5.69. The zero-order valence-electron chi connectivity index (χ0n) is 12.2. The molecule has 0 spiro atoms. The molecule has 0 bridgehead atoms. The van der Waals surface area contributed by atoms with Crippen molar-refractivity contribution in [2.45, 2.75) is 64.3 Å². The summed E-state index contributed by atoms with van der Waals surface area (Å²) < 4.78 is 16.8. The van der Waals surface area contributed by atoms with Crippen molar-refractivity contribution in [2.24, 2.45) is 0 Å². The topological polar surface area (TPSA) is 68.2 Å². The molecular weight excluding hydrogens is 250 g/mol. The predicted molar refractivity (Wildman–Crippen MR) is 67.6 cm³/mol. The first-order chi connectivity index (χ1) is 8.63. The summed E-state index contributed by atoms with van der Waals surface area (Å²) in [5, 5.41) is 9.52. The molecular formula is C13H23NO5. The van der Waals surface area contributed by atoms with Gasteiger partial charge in [0.05, 0.1) is 19.2 Å². The largest absolute Gasteiger partial charge is 0.444 e. The van der Waals surface area contributed by atoms with Crippen LogP contribution in [0.4, 0.5) is 4.79 Å². The highest BCUT2D eigenvalue weighted by Gasteiger charge is 2.54. The molecule has 2 rings (SSSR count). The summed E-state index contributed by atoms with van der Waals surface area (Å²) in [7, 11) is 0. The number of aliphatic hydroxyl groups excluding tert-OH is 1. The number of nitrogens with zero attached hydrogens (tertiary/aromatic N) is 1. The van der Waals surface area contributed by atoms with Crippen LogP contribution in [0.3, 0.4) is 0 Å². The molecule has 1 amide bonds. The molecule has 2 fully saturated rings. The van der Waals surface area contributed by atoms with Crippen molar-refractivity contribution < 1.29 is 24.1 Å². The monoisotopic (exact) mass is 273 g/mol. The van der Waals surface area contributed by atoms with Gasteiger partial charge in [0.2, 0.25) is 0 Å².